The van der Waals surface area contributed by atoms with Crippen molar-refractivity contribution in [2.75, 3.05) is 6.54 Å². The number of alkyl halides is 6. The summed E-state index contributed by atoms with van der Waals surface area (Å²) in [6.07, 6.45) is -9.21. The van der Waals surface area contributed by atoms with Crippen LogP contribution in [0.25, 0.3) is 0 Å². The third-order valence-corrected chi connectivity index (χ3v) is 2.83. The van der Waals surface area contributed by atoms with Gasteiger partial charge in [0.15, 0.2) is 5.92 Å². The number of nitrogens with one attached hydrogen (secondary N) is 1. The van der Waals surface area contributed by atoms with Crippen molar-refractivity contribution in [3.05, 3.63) is 18.0 Å². The summed E-state index contributed by atoms with van der Waals surface area (Å²) in [5, 5.41) is 5.96. The highest BCUT2D eigenvalue weighted by molar-refractivity contribution is 5.10. The average molecular weight is 303 g/mol. The maximum Gasteiger partial charge on any atom is 0.402 e. The molecule has 0 aromatic carbocycles. The Hall–Kier alpha value is -1.25. The van der Waals surface area contributed by atoms with Crippen LogP contribution in [0, 0.1) is 5.92 Å². The molecule has 0 saturated heterocycles. The van der Waals surface area contributed by atoms with Gasteiger partial charge in [-0.05, 0) is 19.0 Å². The Morgan fingerprint density at radius 1 is 1.20 bits per heavy atom. The maximum absolute atomic E-state index is 12.8. The summed E-state index contributed by atoms with van der Waals surface area (Å²) in [6.45, 7) is 1.70. The topological polar surface area (TPSA) is 29.9 Å². The Balaban J connectivity index is 3.22. The van der Waals surface area contributed by atoms with E-state index in [9.17, 15) is 26.3 Å². The molecule has 1 heterocycles. The fraction of sp³-hybridized carbons (Fsp3) is 0.727. The molecule has 1 rings (SSSR count). The number of hydrogen-bond acceptors (Lipinski definition) is 2. The maximum atomic E-state index is 12.8. The molecule has 0 aliphatic heterocycles. The van der Waals surface area contributed by atoms with E-state index in [2.05, 4.69) is 10.4 Å². The Kier molecular flexibility index (Phi) is 5.06. The van der Waals surface area contributed by atoms with Crippen LogP contribution in [-0.4, -0.2) is 28.7 Å². The van der Waals surface area contributed by atoms with Crippen molar-refractivity contribution in [3.8, 4) is 0 Å². The molecule has 116 valence electrons. The Bertz CT molecular complexity index is 409. The zero-order valence-corrected chi connectivity index (χ0v) is 10.9. The molecule has 9 heteroatoms. The molecule has 1 aromatic rings. The van der Waals surface area contributed by atoms with E-state index in [4.69, 9.17) is 0 Å². The van der Waals surface area contributed by atoms with Gasteiger partial charge in [-0.3, -0.25) is 4.68 Å². The van der Waals surface area contributed by atoms with Crippen LogP contribution in [-0.2, 0) is 7.05 Å². The van der Waals surface area contributed by atoms with Gasteiger partial charge >= 0.3 is 12.4 Å². The minimum atomic E-state index is -5.39. The lowest BCUT2D eigenvalue weighted by molar-refractivity contribution is -0.293. The van der Waals surface area contributed by atoms with Gasteiger partial charge in [0.1, 0.15) is 0 Å². The van der Waals surface area contributed by atoms with Crippen LogP contribution in [0.3, 0.4) is 0 Å². The van der Waals surface area contributed by atoms with E-state index < -0.39 is 24.3 Å². The first-order chi connectivity index (χ1) is 9.09. The van der Waals surface area contributed by atoms with Crippen molar-refractivity contribution >= 4 is 0 Å². The zero-order chi connectivity index (χ0) is 15.6. The molecule has 0 saturated carbocycles. The van der Waals surface area contributed by atoms with Gasteiger partial charge in [-0.15, -0.1) is 0 Å². The van der Waals surface area contributed by atoms with Crippen molar-refractivity contribution in [1.82, 2.24) is 15.1 Å². The van der Waals surface area contributed by atoms with Gasteiger partial charge in [-0.25, -0.2) is 0 Å². The second kappa shape index (κ2) is 6.02. The minimum absolute atomic E-state index is 0.0402. The van der Waals surface area contributed by atoms with Gasteiger partial charge in [-0.1, -0.05) is 6.92 Å². The van der Waals surface area contributed by atoms with Crippen LogP contribution in [0.4, 0.5) is 26.3 Å². The Labute approximate surface area is 112 Å². The summed E-state index contributed by atoms with van der Waals surface area (Å²) in [6, 6.07) is -0.764. The lowest BCUT2D eigenvalue weighted by Crippen LogP contribution is -2.46. The molecule has 1 unspecified atom stereocenters. The molecule has 0 aliphatic carbocycles. The molecule has 0 amide bonds. The third kappa shape index (κ3) is 3.87. The second-order valence-electron chi connectivity index (χ2n) is 4.37. The normalized spacial score (nSPS) is 14.8. The highest BCUT2D eigenvalue weighted by atomic mass is 19.4. The van der Waals surface area contributed by atoms with Crippen molar-refractivity contribution in [1.29, 1.82) is 0 Å². The predicted molar refractivity (Wildman–Crippen MR) is 59.8 cm³/mol. The van der Waals surface area contributed by atoms with Crippen molar-refractivity contribution < 1.29 is 26.3 Å². The highest BCUT2D eigenvalue weighted by Gasteiger charge is 2.60. The van der Waals surface area contributed by atoms with Crippen molar-refractivity contribution in [2.45, 2.75) is 31.7 Å². The zero-order valence-electron chi connectivity index (χ0n) is 10.9. The van der Waals surface area contributed by atoms with E-state index >= 15 is 0 Å². The van der Waals surface area contributed by atoms with E-state index in [-0.39, 0.29) is 12.2 Å². The van der Waals surface area contributed by atoms with Gasteiger partial charge in [0.25, 0.3) is 0 Å². The van der Waals surface area contributed by atoms with Crippen molar-refractivity contribution in [3.63, 3.8) is 0 Å². The Morgan fingerprint density at radius 3 is 2.10 bits per heavy atom. The van der Waals surface area contributed by atoms with E-state index in [0.29, 0.717) is 6.42 Å². The molecule has 0 bridgehead atoms. The molecule has 20 heavy (non-hydrogen) atoms. The van der Waals surface area contributed by atoms with Crippen molar-refractivity contribution in [2.24, 2.45) is 13.0 Å². The summed E-state index contributed by atoms with van der Waals surface area (Å²) in [7, 11) is 1.31. The molecule has 1 aromatic heterocycles. The number of hydrogen-bond donors (Lipinski definition) is 1. The number of aromatic nitrogens is 2. The van der Waals surface area contributed by atoms with Crippen LogP contribution >= 0.6 is 0 Å². The first kappa shape index (κ1) is 16.8. The van der Waals surface area contributed by atoms with Gasteiger partial charge in [0, 0.05) is 13.2 Å². The fourth-order valence-corrected chi connectivity index (χ4v) is 1.95. The van der Waals surface area contributed by atoms with Crippen LogP contribution in [0.15, 0.2) is 12.3 Å². The molecule has 0 aliphatic rings. The number of halogens is 6. The summed E-state index contributed by atoms with van der Waals surface area (Å²) in [5.41, 5.74) is -0.155. The lowest BCUT2D eigenvalue weighted by atomic mass is 9.95. The van der Waals surface area contributed by atoms with E-state index in [1.165, 1.54) is 13.2 Å². The molecule has 1 atom stereocenters. The first-order valence-corrected chi connectivity index (χ1v) is 5.93. The first-order valence-electron chi connectivity index (χ1n) is 5.93. The lowest BCUT2D eigenvalue weighted by Gasteiger charge is -2.31. The molecule has 0 fully saturated rings. The SMILES string of the molecule is CCCNC(c1ccnn1C)C(C(F)(F)F)C(F)(F)F. The molecule has 0 radical (unpaired) electrons. The predicted octanol–water partition coefficient (Wildman–Crippen LogP) is 3.20. The molecule has 1 N–H and O–H groups in total. The van der Waals surface area contributed by atoms with Crippen LogP contribution in [0.2, 0.25) is 0 Å². The van der Waals surface area contributed by atoms with Crippen LogP contribution < -0.4 is 5.32 Å². The third-order valence-electron chi connectivity index (χ3n) is 2.83. The molecule has 0 spiro atoms. The summed E-state index contributed by atoms with van der Waals surface area (Å²) in [4.78, 5) is 0. The summed E-state index contributed by atoms with van der Waals surface area (Å²) >= 11 is 0. The quantitative estimate of drug-likeness (QED) is 0.847. The van der Waals surface area contributed by atoms with Gasteiger partial charge in [-0.2, -0.15) is 31.4 Å². The average Bonchev–Trinajstić information content (AvgIpc) is 2.66. The van der Waals surface area contributed by atoms with Gasteiger partial charge < -0.3 is 5.32 Å². The Morgan fingerprint density at radius 2 is 1.75 bits per heavy atom. The molecule has 3 nitrogen and oxygen atoms in total. The van der Waals surface area contributed by atoms with Gasteiger partial charge in [0.05, 0.1) is 11.7 Å². The number of rotatable bonds is 5. The number of nitrogens with zero attached hydrogens (tertiary/aromatic N) is 2. The minimum Gasteiger partial charge on any atom is -0.308 e. The standard InChI is InChI=1S/C11H15F6N3/c1-3-5-18-8(7-4-6-19-20(7)2)9(10(12,13)14)11(15,16)17/h4,6,8-9,18H,3,5H2,1-2H3. The van der Waals surface area contributed by atoms with E-state index in [1.54, 1.807) is 6.92 Å². The molecular weight excluding hydrogens is 288 g/mol. The van der Waals surface area contributed by atoms with E-state index in [0.717, 1.165) is 10.7 Å². The molecular formula is C11H15F6N3. The fourth-order valence-electron chi connectivity index (χ4n) is 1.95. The highest BCUT2D eigenvalue weighted by Crippen LogP contribution is 2.46. The van der Waals surface area contributed by atoms with Gasteiger partial charge in [0.2, 0.25) is 0 Å². The smallest absolute Gasteiger partial charge is 0.308 e. The van der Waals surface area contributed by atoms with E-state index in [1.807, 2.05) is 0 Å². The number of aryl methyl sites for hydroxylation is 1. The van der Waals surface area contributed by atoms with Crippen LogP contribution in [0.1, 0.15) is 25.1 Å². The van der Waals surface area contributed by atoms with Crippen LogP contribution in [0.5, 0.6) is 0 Å². The second-order valence-corrected chi connectivity index (χ2v) is 4.37. The summed E-state index contributed by atoms with van der Waals surface area (Å²) in [5.74, 6) is -3.48. The monoisotopic (exact) mass is 303 g/mol. The largest absolute Gasteiger partial charge is 0.402 e. The summed E-state index contributed by atoms with van der Waals surface area (Å²) < 4.78 is 78.0.